The first-order valence-electron chi connectivity index (χ1n) is 5.21. The maximum absolute atomic E-state index is 3.95. The third-order valence-electron chi connectivity index (χ3n) is 3.51. The van der Waals surface area contributed by atoms with Crippen molar-refractivity contribution in [1.29, 1.82) is 0 Å². The molecule has 1 heteroatoms. The van der Waals surface area contributed by atoms with Crippen molar-refractivity contribution in [3.05, 3.63) is 12.8 Å². The first-order valence-corrected chi connectivity index (χ1v) is 5.21. The molecule has 70 valence electrons. The Morgan fingerprint density at radius 2 is 1.92 bits per heavy atom. The highest BCUT2D eigenvalue weighted by atomic mass is 15.3. The van der Waals surface area contributed by atoms with E-state index in [4.69, 9.17) is 0 Å². The molecular weight excluding hydrogens is 146 g/mol. The Bertz CT molecular complexity index is 147. The summed E-state index contributed by atoms with van der Waals surface area (Å²) in [5.74, 6) is 0. The zero-order valence-corrected chi connectivity index (χ0v) is 8.55. The van der Waals surface area contributed by atoms with Crippen molar-refractivity contribution in [1.82, 2.24) is 0 Å². The van der Waals surface area contributed by atoms with E-state index in [1.165, 1.54) is 38.6 Å². The summed E-state index contributed by atoms with van der Waals surface area (Å²) in [6.07, 6.45) is 9.21. The van der Waals surface area contributed by atoms with Crippen molar-refractivity contribution in [3.63, 3.8) is 0 Å². The Balaban J connectivity index is 2.57. The second kappa shape index (κ2) is 4.08. The molecule has 0 aromatic heterocycles. The maximum atomic E-state index is 3.95. The van der Waals surface area contributed by atoms with E-state index in [-0.39, 0.29) is 0 Å². The largest absolute Gasteiger partial charge is 0.298 e. The van der Waals surface area contributed by atoms with Crippen molar-refractivity contribution >= 4 is 0 Å². The van der Waals surface area contributed by atoms with Gasteiger partial charge in [0.15, 0.2) is 0 Å². The number of hydrogen-bond acceptors (Lipinski definition) is 0. The van der Waals surface area contributed by atoms with Gasteiger partial charge < -0.3 is 0 Å². The van der Waals surface area contributed by atoms with Crippen LogP contribution in [0.15, 0.2) is 12.8 Å². The van der Waals surface area contributed by atoms with Crippen molar-refractivity contribution in [2.75, 3.05) is 13.6 Å². The van der Waals surface area contributed by atoms with Gasteiger partial charge in [0.2, 0.25) is 0 Å². The average molecular weight is 168 g/mol. The second-order valence-electron chi connectivity index (χ2n) is 4.14. The molecule has 1 aliphatic carbocycles. The third kappa shape index (κ3) is 1.89. The van der Waals surface area contributed by atoms with E-state index < -0.39 is 0 Å². The molecule has 0 aromatic carbocycles. The minimum Gasteiger partial charge on any atom is -0.298 e. The summed E-state index contributed by atoms with van der Waals surface area (Å²) in [6.45, 7) is 7.40. The summed E-state index contributed by atoms with van der Waals surface area (Å²) in [4.78, 5) is 0. The van der Waals surface area contributed by atoms with Crippen molar-refractivity contribution in [2.24, 2.45) is 0 Å². The van der Waals surface area contributed by atoms with Gasteiger partial charge in [-0.1, -0.05) is 6.42 Å². The Morgan fingerprint density at radius 1 is 1.33 bits per heavy atom. The van der Waals surface area contributed by atoms with Crippen molar-refractivity contribution in [3.8, 4) is 0 Å². The molecule has 0 heterocycles. The first-order chi connectivity index (χ1) is 5.73. The fourth-order valence-electron chi connectivity index (χ4n) is 2.21. The highest BCUT2D eigenvalue weighted by Gasteiger charge is 2.29. The molecule has 0 radical (unpaired) electrons. The standard InChI is InChI=1S/C11H22N/c1-4-12(3,5-2)11-9-7-6-8-10-11/h4,11H,1,5-10H2,2-3H3/q+1. The number of nitrogens with zero attached hydrogens (tertiary/aromatic N) is 1. The van der Waals surface area contributed by atoms with E-state index in [1.54, 1.807) is 0 Å². The molecule has 1 saturated carbocycles. The molecule has 0 spiro atoms. The molecule has 1 fully saturated rings. The monoisotopic (exact) mass is 168 g/mol. The first kappa shape index (κ1) is 9.79. The van der Waals surface area contributed by atoms with Gasteiger partial charge in [-0.05, 0) is 39.2 Å². The number of quaternary nitrogens is 1. The van der Waals surface area contributed by atoms with Gasteiger partial charge in [0.1, 0.15) is 0 Å². The van der Waals surface area contributed by atoms with E-state index in [1.807, 2.05) is 0 Å². The van der Waals surface area contributed by atoms with Gasteiger partial charge in [-0.3, -0.25) is 4.48 Å². The Kier molecular flexibility index (Phi) is 3.33. The Morgan fingerprint density at radius 3 is 2.33 bits per heavy atom. The minimum atomic E-state index is 0.848. The fraction of sp³-hybridized carbons (Fsp3) is 0.818. The maximum Gasteiger partial charge on any atom is 0.0929 e. The van der Waals surface area contributed by atoms with Crippen LogP contribution in [0.5, 0.6) is 0 Å². The van der Waals surface area contributed by atoms with Crippen LogP contribution in [0.1, 0.15) is 39.0 Å². The topological polar surface area (TPSA) is 0 Å². The molecule has 1 rings (SSSR count). The predicted molar refractivity (Wildman–Crippen MR) is 53.8 cm³/mol. The zero-order chi connectivity index (χ0) is 9.03. The van der Waals surface area contributed by atoms with E-state index in [0.717, 1.165) is 10.5 Å². The Hall–Kier alpha value is -0.300. The summed E-state index contributed by atoms with van der Waals surface area (Å²) >= 11 is 0. The molecule has 12 heavy (non-hydrogen) atoms. The lowest BCUT2D eigenvalue weighted by atomic mass is 9.93. The minimum absolute atomic E-state index is 0.848. The van der Waals surface area contributed by atoms with Crippen LogP contribution < -0.4 is 0 Å². The van der Waals surface area contributed by atoms with E-state index in [9.17, 15) is 0 Å². The van der Waals surface area contributed by atoms with Crippen molar-refractivity contribution < 1.29 is 4.48 Å². The second-order valence-corrected chi connectivity index (χ2v) is 4.14. The normalized spacial score (nSPS) is 24.8. The summed E-state index contributed by atoms with van der Waals surface area (Å²) in [5, 5.41) is 0. The molecule has 1 aliphatic rings. The zero-order valence-electron chi connectivity index (χ0n) is 8.55. The van der Waals surface area contributed by atoms with Gasteiger partial charge in [-0.15, -0.1) is 0 Å². The predicted octanol–water partition coefficient (Wildman–Crippen LogP) is 2.93. The Labute approximate surface area is 76.7 Å². The average Bonchev–Trinajstić information content (AvgIpc) is 2.18. The van der Waals surface area contributed by atoms with Gasteiger partial charge in [-0.25, -0.2) is 0 Å². The van der Waals surface area contributed by atoms with Gasteiger partial charge in [-0.2, -0.15) is 0 Å². The summed E-state index contributed by atoms with van der Waals surface area (Å²) < 4.78 is 1.07. The van der Waals surface area contributed by atoms with Crippen LogP contribution in [0.2, 0.25) is 0 Å². The lowest BCUT2D eigenvalue weighted by molar-refractivity contribution is -0.884. The summed E-state index contributed by atoms with van der Waals surface area (Å²) in [7, 11) is 2.31. The lowest BCUT2D eigenvalue weighted by Crippen LogP contribution is -2.48. The van der Waals surface area contributed by atoms with Crippen LogP contribution >= 0.6 is 0 Å². The molecule has 0 aromatic rings. The van der Waals surface area contributed by atoms with Crippen LogP contribution in [-0.2, 0) is 0 Å². The molecule has 1 atom stereocenters. The third-order valence-corrected chi connectivity index (χ3v) is 3.51. The molecule has 0 aliphatic heterocycles. The van der Waals surface area contributed by atoms with Crippen LogP contribution in [-0.4, -0.2) is 24.1 Å². The van der Waals surface area contributed by atoms with Gasteiger partial charge >= 0.3 is 0 Å². The fourth-order valence-corrected chi connectivity index (χ4v) is 2.21. The number of hydrogen-bond donors (Lipinski definition) is 0. The van der Waals surface area contributed by atoms with E-state index in [0.29, 0.717) is 0 Å². The molecule has 1 unspecified atom stereocenters. The molecule has 1 nitrogen and oxygen atoms in total. The molecular formula is C11H22N+. The highest BCUT2D eigenvalue weighted by molar-refractivity contribution is 4.70. The van der Waals surface area contributed by atoms with Crippen LogP contribution in [0.3, 0.4) is 0 Å². The van der Waals surface area contributed by atoms with Crippen molar-refractivity contribution in [2.45, 2.75) is 45.1 Å². The summed E-state index contributed by atoms with van der Waals surface area (Å²) in [6, 6.07) is 0.848. The quantitative estimate of drug-likeness (QED) is 0.568. The van der Waals surface area contributed by atoms with E-state index >= 15 is 0 Å². The SMILES string of the molecule is C=C[N+](C)(CC)C1CCCCC1. The summed E-state index contributed by atoms with van der Waals surface area (Å²) in [5.41, 5.74) is 0. The van der Waals surface area contributed by atoms with Crippen LogP contribution in [0.4, 0.5) is 0 Å². The number of rotatable bonds is 3. The van der Waals surface area contributed by atoms with Gasteiger partial charge in [0, 0.05) is 0 Å². The smallest absolute Gasteiger partial charge is 0.0929 e. The van der Waals surface area contributed by atoms with Crippen LogP contribution in [0, 0.1) is 0 Å². The highest BCUT2D eigenvalue weighted by Crippen LogP contribution is 2.26. The van der Waals surface area contributed by atoms with E-state index in [2.05, 4.69) is 26.8 Å². The molecule has 0 N–H and O–H groups in total. The lowest BCUT2D eigenvalue weighted by Gasteiger charge is -2.39. The van der Waals surface area contributed by atoms with Gasteiger partial charge in [0.25, 0.3) is 0 Å². The van der Waals surface area contributed by atoms with Gasteiger partial charge in [0.05, 0.1) is 25.8 Å². The molecule has 0 amide bonds. The molecule has 0 bridgehead atoms. The molecule has 0 saturated heterocycles. The van der Waals surface area contributed by atoms with Crippen LogP contribution in [0.25, 0.3) is 0 Å².